The first kappa shape index (κ1) is 37.3. The van der Waals surface area contributed by atoms with Crippen molar-refractivity contribution in [3.63, 3.8) is 0 Å². The summed E-state index contributed by atoms with van der Waals surface area (Å²) in [4.78, 5) is 56.2. The summed E-state index contributed by atoms with van der Waals surface area (Å²) in [6.45, 7) is 10.4. The minimum absolute atomic E-state index is 0.00317. The first-order chi connectivity index (χ1) is 23.5. The Bertz CT molecular complexity index is 1820. The number of pyridine rings is 1. The van der Waals surface area contributed by atoms with Crippen LogP contribution in [0.5, 0.6) is 0 Å². The number of ether oxygens (including phenoxy) is 3. The molecule has 4 rings (SSSR count). The lowest BCUT2D eigenvalue weighted by Gasteiger charge is -2.28. The van der Waals surface area contributed by atoms with Crippen molar-refractivity contribution in [1.29, 1.82) is 0 Å². The minimum Gasteiger partial charge on any atom is -0.479 e. The number of nitrogens with two attached hydrogens (primary N) is 1. The van der Waals surface area contributed by atoms with Crippen molar-refractivity contribution in [1.82, 2.24) is 4.98 Å². The summed E-state index contributed by atoms with van der Waals surface area (Å²) in [7, 11) is 0. The lowest BCUT2D eigenvalue weighted by molar-refractivity contribution is -0.138. The van der Waals surface area contributed by atoms with Crippen LogP contribution in [0.3, 0.4) is 0 Å². The molecule has 0 fully saturated rings. The number of carboxylic acids is 1. The van der Waals surface area contributed by atoms with Crippen LogP contribution >= 0.6 is 0 Å². The molecule has 264 valence electrons. The molecule has 0 aliphatic rings. The molecule has 0 aliphatic heterocycles. The number of amides is 3. The van der Waals surface area contributed by atoms with Gasteiger partial charge in [-0.3, -0.25) is 4.79 Å². The maximum Gasteiger partial charge on any atom is 0.425 e. The molecule has 0 aliphatic carbocycles. The fourth-order valence-electron chi connectivity index (χ4n) is 4.79. The van der Waals surface area contributed by atoms with Gasteiger partial charge in [-0.1, -0.05) is 36.4 Å². The predicted molar refractivity (Wildman–Crippen MR) is 190 cm³/mol. The number of carbonyl (C=O) groups is 4. The van der Waals surface area contributed by atoms with Gasteiger partial charge in [0.25, 0.3) is 0 Å². The predicted octanol–water partition coefficient (Wildman–Crippen LogP) is 6.76. The molecular weight excluding hydrogens is 642 g/mol. The monoisotopic (exact) mass is 685 g/mol. The fraction of sp³-hybridized carbons (Fsp3) is 0.324. The molecule has 0 spiro atoms. The second-order valence-electron chi connectivity index (χ2n) is 13.5. The number of hydrogen-bond acceptors (Lipinski definition) is 10. The molecule has 3 amide bonds. The van der Waals surface area contributed by atoms with E-state index in [9.17, 15) is 24.3 Å². The minimum atomic E-state index is -1.11. The average molecular weight is 686 g/mol. The number of rotatable bonds is 11. The number of carboxylic acid groups (broad SMARTS) is 1. The van der Waals surface area contributed by atoms with E-state index in [1.54, 1.807) is 102 Å². The number of fused-ring (bicyclic) bond motifs is 1. The van der Waals surface area contributed by atoms with Gasteiger partial charge in [0.05, 0.1) is 6.61 Å². The van der Waals surface area contributed by atoms with E-state index in [0.717, 1.165) is 16.0 Å². The number of aliphatic carboxylic acids is 1. The highest BCUT2D eigenvalue weighted by Crippen LogP contribution is 2.31. The van der Waals surface area contributed by atoms with E-state index in [1.165, 1.54) is 6.20 Å². The lowest BCUT2D eigenvalue weighted by Crippen LogP contribution is -2.44. The Kier molecular flexibility index (Phi) is 11.8. The second kappa shape index (κ2) is 15.8. The van der Waals surface area contributed by atoms with Crippen molar-refractivity contribution >= 4 is 52.0 Å². The van der Waals surface area contributed by atoms with Gasteiger partial charge in [-0.2, -0.15) is 4.90 Å². The Balaban J connectivity index is 1.47. The first-order valence-corrected chi connectivity index (χ1v) is 15.9. The van der Waals surface area contributed by atoms with Crippen molar-refractivity contribution < 1.29 is 38.5 Å². The molecule has 1 heterocycles. The Morgan fingerprint density at radius 2 is 1.50 bits per heavy atom. The van der Waals surface area contributed by atoms with Gasteiger partial charge in [0.1, 0.15) is 17.8 Å². The molecule has 0 saturated carbocycles. The third-order valence-electron chi connectivity index (χ3n) is 6.93. The fourth-order valence-corrected chi connectivity index (χ4v) is 4.79. The number of anilines is 3. The number of hydrogen-bond donors (Lipinski definition) is 4. The van der Waals surface area contributed by atoms with Crippen molar-refractivity contribution in [2.45, 2.75) is 71.9 Å². The van der Waals surface area contributed by atoms with Gasteiger partial charge in [-0.05, 0) is 100 Å². The van der Waals surface area contributed by atoms with Crippen molar-refractivity contribution in [3.05, 3.63) is 95.7 Å². The van der Waals surface area contributed by atoms with E-state index in [4.69, 9.17) is 19.9 Å². The normalized spacial score (nSPS) is 12.1. The summed E-state index contributed by atoms with van der Waals surface area (Å²) in [5.74, 6) is -1.42. The SMILES string of the molecule is CC(C)(C)OC(=O)N(C(=O)OC(C)(C)C)c1nccc2cc(NC(C(=O)O)c3ccc(COCC(=O)Nc4cccc(CN)c4)cc3)ccc12. The number of aromatic nitrogens is 1. The zero-order chi connectivity index (χ0) is 36.6. The molecule has 3 aromatic carbocycles. The molecule has 0 saturated heterocycles. The average Bonchev–Trinajstić information content (AvgIpc) is 3.02. The summed E-state index contributed by atoms with van der Waals surface area (Å²) < 4.78 is 16.6. The molecule has 1 aromatic heterocycles. The van der Waals surface area contributed by atoms with Crippen LogP contribution in [0.4, 0.5) is 26.8 Å². The maximum atomic E-state index is 13.2. The van der Waals surface area contributed by atoms with Crippen LogP contribution in [0.15, 0.2) is 79.0 Å². The summed E-state index contributed by atoms with van der Waals surface area (Å²) in [5, 5.41) is 16.9. The van der Waals surface area contributed by atoms with Crippen LogP contribution in [-0.2, 0) is 37.0 Å². The molecule has 5 N–H and O–H groups in total. The summed E-state index contributed by atoms with van der Waals surface area (Å²) >= 11 is 0. The Hall–Kier alpha value is -5.53. The third-order valence-corrected chi connectivity index (χ3v) is 6.93. The third kappa shape index (κ3) is 10.5. The van der Waals surface area contributed by atoms with Crippen molar-refractivity contribution in [2.75, 3.05) is 22.1 Å². The van der Waals surface area contributed by atoms with Crippen LogP contribution in [0.2, 0.25) is 0 Å². The van der Waals surface area contributed by atoms with Crippen LogP contribution in [0.1, 0.15) is 64.3 Å². The molecule has 13 heteroatoms. The summed E-state index contributed by atoms with van der Waals surface area (Å²) in [6.07, 6.45) is -0.474. The molecule has 0 radical (unpaired) electrons. The van der Waals surface area contributed by atoms with Crippen molar-refractivity contribution in [3.8, 4) is 0 Å². The Labute approximate surface area is 290 Å². The smallest absolute Gasteiger partial charge is 0.425 e. The Morgan fingerprint density at radius 1 is 0.840 bits per heavy atom. The summed E-state index contributed by atoms with van der Waals surface area (Å²) in [5.41, 5.74) is 7.09. The highest BCUT2D eigenvalue weighted by Gasteiger charge is 2.34. The molecule has 13 nitrogen and oxygen atoms in total. The number of benzene rings is 3. The first-order valence-electron chi connectivity index (χ1n) is 15.9. The van der Waals surface area contributed by atoms with E-state index >= 15 is 0 Å². The Morgan fingerprint density at radius 3 is 2.10 bits per heavy atom. The topological polar surface area (TPSA) is 182 Å². The maximum absolute atomic E-state index is 13.2. The highest BCUT2D eigenvalue weighted by atomic mass is 16.6. The number of nitrogens with zero attached hydrogens (tertiary/aromatic N) is 2. The molecule has 0 bridgehead atoms. The molecule has 4 aromatic rings. The van der Waals surface area contributed by atoms with E-state index in [2.05, 4.69) is 15.6 Å². The van der Waals surface area contributed by atoms with Crippen LogP contribution < -0.4 is 21.3 Å². The van der Waals surface area contributed by atoms with Crippen LogP contribution in [-0.4, -0.2) is 52.0 Å². The van der Waals surface area contributed by atoms with E-state index in [0.29, 0.717) is 34.3 Å². The van der Waals surface area contributed by atoms with Gasteiger partial charge in [-0.25, -0.2) is 19.4 Å². The molecule has 1 unspecified atom stereocenters. The van der Waals surface area contributed by atoms with Gasteiger partial charge < -0.3 is 35.7 Å². The molecule has 50 heavy (non-hydrogen) atoms. The van der Waals surface area contributed by atoms with E-state index in [1.807, 2.05) is 12.1 Å². The van der Waals surface area contributed by atoms with E-state index < -0.39 is 35.4 Å². The second-order valence-corrected chi connectivity index (χ2v) is 13.5. The number of imide groups is 1. The van der Waals surface area contributed by atoms with Crippen LogP contribution in [0.25, 0.3) is 10.8 Å². The zero-order valence-electron chi connectivity index (χ0n) is 29.0. The largest absolute Gasteiger partial charge is 0.479 e. The van der Waals surface area contributed by atoms with Gasteiger partial charge in [0, 0.05) is 29.5 Å². The van der Waals surface area contributed by atoms with Gasteiger partial charge in [0.15, 0.2) is 11.9 Å². The van der Waals surface area contributed by atoms with Crippen LogP contribution in [0, 0.1) is 0 Å². The van der Waals surface area contributed by atoms with Crippen molar-refractivity contribution in [2.24, 2.45) is 5.73 Å². The number of nitrogens with one attached hydrogen (secondary N) is 2. The molecule has 1 atom stereocenters. The lowest BCUT2D eigenvalue weighted by atomic mass is 10.0. The zero-order valence-corrected chi connectivity index (χ0v) is 29.0. The standard InChI is InChI=1S/C37H43N5O8/c1-36(2,3)49-34(46)42(35(47)50-37(4,5)6)32-29-15-14-28(19-26(29)16-17-39-32)41-31(33(44)45)25-12-10-23(11-13-25)21-48-22-30(43)40-27-9-7-8-24(18-27)20-38/h7-19,31,41H,20-22,38H2,1-6H3,(H,40,43)(H,44,45). The van der Waals surface area contributed by atoms with E-state index in [-0.39, 0.29) is 24.9 Å². The summed E-state index contributed by atoms with van der Waals surface area (Å²) in [6, 6.07) is 19.6. The highest BCUT2D eigenvalue weighted by molar-refractivity contribution is 6.14. The number of carbonyl (C=O) groups excluding carboxylic acids is 3. The van der Waals surface area contributed by atoms with Gasteiger partial charge in [0.2, 0.25) is 5.91 Å². The quantitative estimate of drug-likeness (QED) is 0.131. The van der Waals surface area contributed by atoms with Gasteiger partial charge >= 0.3 is 18.2 Å². The molecular formula is C37H43N5O8. The van der Waals surface area contributed by atoms with Gasteiger partial charge in [-0.15, -0.1) is 0 Å².